The third-order valence-corrected chi connectivity index (χ3v) is 5.05. The molecule has 1 heterocycles. The van der Waals surface area contributed by atoms with E-state index in [0.29, 0.717) is 5.92 Å². The van der Waals surface area contributed by atoms with Crippen molar-refractivity contribution < 1.29 is 9.90 Å². The lowest BCUT2D eigenvalue weighted by atomic mass is 10.0. The summed E-state index contributed by atoms with van der Waals surface area (Å²) in [7, 11) is 0. The summed E-state index contributed by atoms with van der Waals surface area (Å²) >= 11 is 1.64. The fraction of sp³-hybridized carbons (Fsp3) is 0.733. The quantitative estimate of drug-likeness (QED) is 0.724. The van der Waals surface area contributed by atoms with E-state index in [-0.39, 0.29) is 24.5 Å². The summed E-state index contributed by atoms with van der Waals surface area (Å²) in [6.45, 7) is 6.32. The van der Waals surface area contributed by atoms with Crippen LogP contribution in [0.1, 0.15) is 49.0 Å². The molecule has 3 unspecified atom stereocenters. The van der Waals surface area contributed by atoms with Gasteiger partial charge in [0.05, 0.1) is 12.1 Å². The van der Waals surface area contributed by atoms with E-state index in [1.807, 2.05) is 27.0 Å². The van der Waals surface area contributed by atoms with E-state index in [1.54, 1.807) is 11.3 Å². The van der Waals surface area contributed by atoms with Crippen LogP contribution in [0, 0.1) is 18.8 Å². The third-order valence-electron chi connectivity index (χ3n) is 4.06. The summed E-state index contributed by atoms with van der Waals surface area (Å²) in [5.74, 6) is 0.687. The Morgan fingerprint density at radius 1 is 1.57 bits per heavy atom. The van der Waals surface area contributed by atoms with Gasteiger partial charge < -0.3 is 15.7 Å². The number of aryl methyl sites for hydroxylation is 1. The van der Waals surface area contributed by atoms with E-state index < -0.39 is 6.10 Å². The van der Waals surface area contributed by atoms with Crippen LogP contribution in [0.2, 0.25) is 0 Å². The van der Waals surface area contributed by atoms with Crippen LogP contribution < -0.4 is 10.6 Å². The van der Waals surface area contributed by atoms with Crippen LogP contribution in [0.3, 0.4) is 0 Å². The number of amides is 2. The number of rotatable bonds is 7. The largest absolute Gasteiger partial charge is 0.391 e. The summed E-state index contributed by atoms with van der Waals surface area (Å²) in [4.78, 5) is 17.6. The Morgan fingerprint density at radius 2 is 2.29 bits per heavy atom. The SMILES string of the molecule is CCC(C)C(O)CNC(=O)NC(c1ncc(C)s1)C1CC1. The molecule has 1 fully saturated rings. The van der Waals surface area contributed by atoms with Gasteiger partial charge in [0.25, 0.3) is 0 Å². The zero-order valence-corrected chi connectivity index (χ0v) is 13.7. The minimum atomic E-state index is -0.498. The van der Waals surface area contributed by atoms with Gasteiger partial charge in [0, 0.05) is 17.6 Å². The molecule has 3 atom stereocenters. The first-order valence-electron chi connectivity index (χ1n) is 7.66. The molecule has 6 heteroatoms. The Morgan fingerprint density at radius 3 is 2.81 bits per heavy atom. The van der Waals surface area contributed by atoms with E-state index in [1.165, 1.54) is 0 Å². The third kappa shape index (κ3) is 4.68. The van der Waals surface area contributed by atoms with Crippen LogP contribution in [-0.2, 0) is 0 Å². The number of thiazole rings is 1. The Labute approximate surface area is 130 Å². The molecule has 1 aliphatic rings. The Balaban J connectivity index is 1.85. The fourth-order valence-electron chi connectivity index (χ4n) is 2.19. The minimum Gasteiger partial charge on any atom is -0.391 e. The number of nitrogens with zero attached hydrogens (tertiary/aromatic N) is 1. The summed E-state index contributed by atoms with van der Waals surface area (Å²) in [6.07, 6.45) is 4.52. The summed E-state index contributed by atoms with van der Waals surface area (Å²) in [5, 5.41) is 16.6. The van der Waals surface area contributed by atoms with Crippen molar-refractivity contribution >= 4 is 17.4 Å². The van der Waals surface area contributed by atoms with Crippen molar-refractivity contribution in [2.24, 2.45) is 11.8 Å². The van der Waals surface area contributed by atoms with Gasteiger partial charge in [-0.05, 0) is 31.6 Å². The molecule has 1 saturated carbocycles. The van der Waals surface area contributed by atoms with Crippen molar-refractivity contribution in [1.29, 1.82) is 0 Å². The number of carbonyl (C=O) groups is 1. The molecule has 1 aromatic heterocycles. The lowest BCUT2D eigenvalue weighted by molar-refractivity contribution is 0.114. The van der Waals surface area contributed by atoms with Crippen molar-refractivity contribution in [2.75, 3.05) is 6.54 Å². The van der Waals surface area contributed by atoms with Crippen molar-refractivity contribution in [3.63, 3.8) is 0 Å². The second kappa shape index (κ2) is 7.22. The standard InChI is InChI=1S/C15H25N3O2S/c1-4-9(2)12(19)8-17-15(20)18-13(11-5-6-11)14-16-7-10(3)21-14/h7,9,11-13,19H,4-6,8H2,1-3H3,(H2,17,18,20). The van der Waals surface area contributed by atoms with Gasteiger partial charge in [0.15, 0.2) is 0 Å². The molecule has 0 aliphatic heterocycles. The molecule has 0 radical (unpaired) electrons. The monoisotopic (exact) mass is 311 g/mol. The molecule has 118 valence electrons. The second-order valence-electron chi connectivity index (χ2n) is 5.93. The van der Waals surface area contributed by atoms with Crippen molar-refractivity contribution in [2.45, 2.75) is 52.2 Å². The van der Waals surface area contributed by atoms with Crippen LogP contribution in [0.5, 0.6) is 0 Å². The van der Waals surface area contributed by atoms with Gasteiger partial charge in [-0.3, -0.25) is 0 Å². The average Bonchev–Trinajstić information content (AvgIpc) is 3.22. The molecule has 3 N–H and O–H groups in total. The maximum atomic E-state index is 12.0. The normalized spacial score (nSPS) is 18.9. The zero-order chi connectivity index (χ0) is 15.4. The molecule has 2 rings (SSSR count). The molecule has 0 aromatic carbocycles. The van der Waals surface area contributed by atoms with Crippen LogP contribution in [-0.4, -0.2) is 28.8 Å². The number of aliphatic hydroxyl groups is 1. The van der Waals surface area contributed by atoms with Gasteiger partial charge in [-0.15, -0.1) is 11.3 Å². The first-order valence-corrected chi connectivity index (χ1v) is 8.47. The number of aromatic nitrogens is 1. The minimum absolute atomic E-state index is 0.00411. The van der Waals surface area contributed by atoms with Gasteiger partial charge in [-0.2, -0.15) is 0 Å². The van der Waals surface area contributed by atoms with E-state index in [9.17, 15) is 9.90 Å². The number of aliphatic hydroxyl groups excluding tert-OH is 1. The van der Waals surface area contributed by atoms with Gasteiger partial charge in [0.1, 0.15) is 5.01 Å². The molecular formula is C15H25N3O2S. The number of urea groups is 1. The van der Waals surface area contributed by atoms with Crippen molar-refractivity contribution in [1.82, 2.24) is 15.6 Å². The summed E-state index contributed by atoms with van der Waals surface area (Å²) in [6, 6.07) is -0.216. The Kier molecular flexibility index (Phi) is 5.58. The van der Waals surface area contributed by atoms with Crippen LogP contribution >= 0.6 is 11.3 Å². The van der Waals surface area contributed by atoms with Crippen LogP contribution in [0.4, 0.5) is 4.79 Å². The maximum Gasteiger partial charge on any atom is 0.315 e. The highest BCUT2D eigenvalue weighted by atomic mass is 32.1. The van der Waals surface area contributed by atoms with Gasteiger partial charge in [0.2, 0.25) is 0 Å². The smallest absolute Gasteiger partial charge is 0.315 e. The Bertz CT molecular complexity index is 473. The lowest BCUT2D eigenvalue weighted by Gasteiger charge is -2.20. The summed E-state index contributed by atoms with van der Waals surface area (Å²) < 4.78 is 0. The highest BCUT2D eigenvalue weighted by Gasteiger charge is 2.35. The van der Waals surface area contributed by atoms with E-state index in [0.717, 1.165) is 29.1 Å². The van der Waals surface area contributed by atoms with Gasteiger partial charge in [-0.1, -0.05) is 20.3 Å². The molecule has 0 bridgehead atoms. The molecule has 1 aliphatic carbocycles. The highest BCUT2D eigenvalue weighted by molar-refractivity contribution is 7.11. The van der Waals surface area contributed by atoms with E-state index >= 15 is 0 Å². The first-order chi connectivity index (χ1) is 10.0. The van der Waals surface area contributed by atoms with E-state index in [2.05, 4.69) is 15.6 Å². The zero-order valence-electron chi connectivity index (χ0n) is 12.9. The number of hydrogen-bond donors (Lipinski definition) is 3. The predicted molar refractivity (Wildman–Crippen MR) is 84.3 cm³/mol. The highest BCUT2D eigenvalue weighted by Crippen LogP contribution is 2.41. The Hall–Kier alpha value is -1.14. The first kappa shape index (κ1) is 16.2. The summed E-state index contributed by atoms with van der Waals surface area (Å²) in [5.41, 5.74) is 0. The van der Waals surface area contributed by atoms with Gasteiger partial charge in [-0.25, -0.2) is 9.78 Å². The predicted octanol–water partition coefficient (Wildman–Crippen LogP) is 2.61. The van der Waals surface area contributed by atoms with E-state index in [4.69, 9.17) is 0 Å². The number of carbonyl (C=O) groups excluding carboxylic acids is 1. The lowest BCUT2D eigenvalue weighted by Crippen LogP contribution is -2.43. The topological polar surface area (TPSA) is 74.2 Å². The maximum absolute atomic E-state index is 12.0. The molecular weight excluding hydrogens is 286 g/mol. The average molecular weight is 311 g/mol. The molecule has 0 spiro atoms. The second-order valence-corrected chi connectivity index (χ2v) is 7.20. The number of hydrogen-bond acceptors (Lipinski definition) is 4. The van der Waals surface area contributed by atoms with Gasteiger partial charge >= 0.3 is 6.03 Å². The molecule has 1 aromatic rings. The molecule has 2 amide bonds. The van der Waals surface area contributed by atoms with Crippen LogP contribution in [0.25, 0.3) is 0 Å². The fourth-order valence-corrected chi connectivity index (χ4v) is 3.11. The van der Waals surface area contributed by atoms with Crippen molar-refractivity contribution in [3.05, 3.63) is 16.1 Å². The van der Waals surface area contributed by atoms with Crippen LogP contribution in [0.15, 0.2) is 6.20 Å². The number of nitrogens with one attached hydrogen (secondary N) is 2. The van der Waals surface area contributed by atoms with Crippen molar-refractivity contribution in [3.8, 4) is 0 Å². The molecule has 21 heavy (non-hydrogen) atoms. The molecule has 5 nitrogen and oxygen atoms in total. The molecule has 0 saturated heterocycles.